The Morgan fingerprint density at radius 3 is 2.73 bits per heavy atom. The van der Waals surface area contributed by atoms with Gasteiger partial charge in [0.15, 0.2) is 5.96 Å². The van der Waals surface area contributed by atoms with Crippen LogP contribution in [0.4, 0.5) is 0 Å². The molecule has 1 amide bonds. The molecular weight excluding hydrogens is 332 g/mol. The van der Waals surface area contributed by atoms with Crippen molar-refractivity contribution in [2.75, 3.05) is 40.8 Å². The van der Waals surface area contributed by atoms with Crippen LogP contribution in [0.25, 0.3) is 0 Å². The fourth-order valence-electron chi connectivity index (χ4n) is 3.41. The molecule has 26 heavy (non-hydrogen) atoms. The molecule has 1 fully saturated rings. The number of aliphatic imine (C=N–C) groups is 1. The Morgan fingerprint density at radius 2 is 2.12 bits per heavy atom. The first-order valence-electron chi connectivity index (χ1n) is 9.34. The number of rotatable bonds is 9. The summed E-state index contributed by atoms with van der Waals surface area (Å²) in [6.07, 6.45) is 6.61. The van der Waals surface area contributed by atoms with Gasteiger partial charge in [0, 0.05) is 40.8 Å². The summed E-state index contributed by atoms with van der Waals surface area (Å²) in [5.41, 5.74) is -0.298. The number of hydrogen-bond acceptors (Lipinski definition) is 4. The zero-order valence-corrected chi connectivity index (χ0v) is 16.2. The third-order valence-corrected chi connectivity index (χ3v) is 4.82. The number of guanidine groups is 1. The van der Waals surface area contributed by atoms with Crippen molar-refractivity contribution in [2.24, 2.45) is 10.4 Å². The Kier molecular flexibility index (Phi) is 7.97. The summed E-state index contributed by atoms with van der Waals surface area (Å²) in [6.45, 7) is 2.52. The van der Waals surface area contributed by atoms with Crippen LogP contribution in [0.5, 0.6) is 0 Å². The standard InChI is InChI=1S/C19H32N4O3/c1-20-18(21-11-7-12-25-14-16-8-6-13-26-16)22-15-19(9-4-5-10-19)17(24)23(2)3/h6,8,13H,4-5,7,9-12,14-15H2,1-3H3,(H2,20,21,22). The molecule has 1 aliphatic carbocycles. The predicted octanol–water partition coefficient (Wildman–Crippen LogP) is 2.00. The molecule has 1 aliphatic rings. The Labute approximate surface area is 156 Å². The van der Waals surface area contributed by atoms with Crippen molar-refractivity contribution < 1.29 is 13.9 Å². The highest BCUT2D eigenvalue weighted by Gasteiger charge is 2.42. The van der Waals surface area contributed by atoms with Gasteiger partial charge < -0.3 is 24.7 Å². The molecule has 146 valence electrons. The van der Waals surface area contributed by atoms with Crippen molar-refractivity contribution in [3.8, 4) is 0 Å². The van der Waals surface area contributed by atoms with Crippen LogP contribution in [0.3, 0.4) is 0 Å². The highest BCUT2D eigenvalue weighted by Crippen LogP contribution is 2.38. The van der Waals surface area contributed by atoms with E-state index in [2.05, 4.69) is 15.6 Å². The third-order valence-electron chi connectivity index (χ3n) is 4.82. The molecule has 1 aromatic rings. The smallest absolute Gasteiger partial charge is 0.230 e. The molecule has 1 saturated carbocycles. The first-order chi connectivity index (χ1) is 12.6. The van der Waals surface area contributed by atoms with Crippen LogP contribution in [0, 0.1) is 5.41 Å². The van der Waals surface area contributed by atoms with Crippen LogP contribution in [0.1, 0.15) is 37.9 Å². The lowest BCUT2D eigenvalue weighted by atomic mass is 9.84. The van der Waals surface area contributed by atoms with Gasteiger partial charge in [-0.15, -0.1) is 0 Å². The maximum Gasteiger partial charge on any atom is 0.230 e. The van der Waals surface area contributed by atoms with E-state index in [1.54, 1.807) is 18.2 Å². The van der Waals surface area contributed by atoms with Gasteiger partial charge in [0.05, 0.1) is 11.7 Å². The van der Waals surface area contributed by atoms with Crippen LogP contribution in [-0.4, -0.2) is 57.6 Å². The molecule has 1 aromatic heterocycles. The van der Waals surface area contributed by atoms with Crippen LogP contribution < -0.4 is 10.6 Å². The molecule has 0 spiro atoms. The van der Waals surface area contributed by atoms with Crippen molar-refractivity contribution in [3.05, 3.63) is 24.2 Å². The predicted molar refractivity (Wildman–Crippen MR) is 102 cm³/mol. The summed E-state index contributed by atoms with van der Waals surface area (Å²) in [5.74, 6) is 1.78. The minimum absolute atomic E-state index is 0.212. The highest BCUT2D eigenvalue weighted by molar-refractivity contribution is 5.85. The Hall–Kier alpha value is -2.02. The molecule has 0 bridgehead atoms. The zero-order chi connectivity index (χ0) is 18.8. The van der Waals surface area contributed by atoms with Gasteiger partial charge in [-0.25, -0.2) is 0 Å². The normalized spacial score (nSPS) is 16.5. The summed E-state index contributed by atoms with van der Waals surface area (Å²) in [7, 11) is 5.41. The van der Waals surface area contributed by atoms with Crippen molar-refractivity contribution in [2.45, 2.75) is 38.7 Å². The summed E-state index contributed by atoms with van der Waals surface area (Å²) in [4.78, 5) is 18.6. The molecule has 0 saturated heterocycles. The van der Waals surface area contributed by atoms with E-state index < -0.39 is 0 Å². The van der Waals surface area contributed by atoms with Crippen LogP contribution in [0.2, 0.25) is 0 Å². The van der Waals surface area contributed by atoms with E-state index in [0.29, 0.717) is 19.8 Å². The minimum Gasteiger partial charge on any atom is -0.467 e. The number of hydrogen-bond donors (Lipinski definition) is 2. The van der Waals surface area contributed by atoms with Gasteiger partial charge in [-0.2, -0.15) is 0 Å². The number of furan rings is 1. The van der Waals surface area contributed by atoms with E-state index in [0.717, 1.165) is 50.4 Å². The van der Waals surface area contributed by atoms with E-state index in [9.17, 15) is 4.79 Å². The molecule has 0 aliphatic heterocycles. The minimum atomic E-state index is -0.298. The summed E-state index contributed by atoms with van der Waals surface area (Å²) in [6, 6.07) is 3.76. The van der Waals surface area contributed by atoms with Crippen LogP contribution in [0.15, 0.2) is 27.8 Å². The number of amides is 1. The SMILES string of the molecule is CN=C(NCCCOCc1ccco1)NCC1(C(=O)N(C)C)CCCC1. The van der Waals surface area contributed by atoms with Crippen molar-refractivity contribution in [3.63, 3.8) is 0 Å². The number of nitrogens with one attached hydrogen (secondary N) is 2. The third kappa shape index (κ3) is 5.76. The Morgan fingerprint density at radius 1 is 1.35 bits per heavy atom. The molecule has 2 rings (SSSR count). The highest BCUT2D eigenvalue weighted by atomic mass is 16.5. The molecule has 2 N–H and O–H groups in total. The maximum absolute atomic E-state index is 12.6. The maximum atomic E-state index is 12.6. The fourth-order valence-corrected chi connectivity index (χ4v) is 3.41. The van der Waals surface area contributed by atoms with Crippen LogP contribution in [-0.2, 0) is 16.1 Å². The summed E-state index contributed by atoms with van der Waals surface area (Å²) < 4.78 is 10.8. The molecule has 1 heterocycles. The van der Waals surface area contributed by atoms with Crippen molar-refractivity contribution in [1.82, 2.24) is 15.5 Å². The number of carbonyl (C=O) groups excluding carboxylic acids is 1. The molecule has 7 nitrogen and oxygen atoms in total. The lowest BCUT2D eigenvalue weighted by Crippen LogP contribution is -2.49. The second-order valence-corrected chi connectivity index (χ2v) is 7.03. The second-order valence-electron chi connectivity index (χ2n) is 7.03. The first-order valence-corrected chi connectivity index (χ1v) is 9.34. The number of carbonyl (C=O) groups is 1. The van der Waals surface area contributed by atoms with E-state index >= 15 is 0 Å². The van der Waals surface area contributed by atoms with Gasteiger partial charge in [0.2, 0.25) is 5.91 Å². The average molecular weight is 364 g/mol. The second kappa shape index (κ2) is 10.2. The van der Waals surface area contributed by atoms with E-state index in [1.807, 2.05) is 26.2 Å². The van der Waals surface area contributed by atoms with Crippen molar-refractivity contribution >= 4 is 11.9 Å². The van der Waals surface area contributed by atoms with E-state index in [-0.39, 0.29) is 11.3 Å². The first kappa shape index (κ1) is 20.3. The van der Waals surface area contributed by atoms with Crippen molar-refractivity contribution in [1.29, 1.82) is 0 Å². The van der Waals surface area contributed by atoms with E-state index in [1.165, 1.54) is 0 Å². The number of ether oxygens (including phenoxy) is 1. The topological polar surface area (TPSA) is 79.1 Å². The number of nitrogens with zero attached hydrogens (tertiary/aromatic N) is 2. The van der Waals surface area contributed by atoms with Gasteiger partial charge >= 0.3 is 0 Å². The Balaban J connectivity index is 1.67. The summed E-state index contributed by atoms with van der Waals surface area (Å²) in [5, 5.41) is 6.62. The summed E-state index contributed by atoms with van der Waals surface area (Å²) >= 11 is 0. The fraction of sp³-hybridized carbons (Fsp3) is 0.684. The molecule has 0 atom stereocenters. The lowest BCUT2D eigenvalue weighted by Gasteiger charge is -2.31. The molecule has 7 heteroatoms. The Bertz CT molecular complexity index is 563. The zero-order valence-electron chi connectivity index (χ0n) is 16.2. The molecule has 0 aromatic carbocycles. The molecule has 0 radical (unpaired) electrons. The molecular formula is C19H32N4O3. The van der Waals surface area contributed by atoms with Crippen LogP contribution >= 0.6 is 0 Å². The average Bonchev–Trinajstić information content (AvgIpc) is 3.32. The van der Waals surface area contributed by atoms with Gasteiger partial charge in [0.1, 0.15) is 12.4 Å². The largest absolute Gasteiger partial charge is 0.467 e. The monoisotopic (exact) mass is 364 g/mol. The lowest BCUT2D eigenvalue weighted by molar-refractivity contribution is -0.138. The van der Waals surface area contributed by atoms with Gasteiger partial charge in [-0.3, -0.25) is 9.79 Å². The van der Waals surface area contributed by atoms with E-state index in [4.69, 9.17) is 9.15 Å². The van der Waals surface area contributed by atoms with Gasteiger partial charge in [-0.05, 0) is 31.4 Å². The quantitative estimate of drug-likeness (QED) is 0.398. The van der Waals surface area contributed by atoms with Gasteiger partial charge in [0.25, 0.3) is 0 Å². The molecule has 0 unspecified atom stereocenters. The van der Waals surface area contributed by atoms with Gasteiger partial charge in [-0.1, -0.05) is 12.8 Å².